The van der Waals surface area contributed by atoms with Gasteiger partial charge in [0.1, 0.15) is 0 Å². The predicted molar refractivity (Wildman–Crippen MR) is 265 cm³/mol. The minimum atomic E-state index is -0.225. The van der Waals surface area contributed by atoms with Crippen molar-refractivity contribution in [1.29, 1.82) is 0 Å². The van der Waals surface area contributed by atoms with Gasteiger partial charge in [-0.15, -0.1) is 0 Å². The maximum atomic E-state index is 5.06. The molecule has 10 aromatic rings. The van der Waals surface area contributed by atoms with E-state index in [1.54, 1.807) is 0 Å². The van der Waals surface area contributed by atoms with Gasteiger partial charge < -0.3 is 0 Å². The van der Waals surface area contributed by atoms with Crippen molar-refractivity contribution in [3.63, 3.8) is 0 Å². The number of benzene rings is 8. The highest BCUT2D eigenvalue weighted by atomic mass is 15.0. The number of hydrogen-bond acceptors (Lipinski definition) is 6. The maximum absolute atomic E-state index is 5.06. The molecule has 0 radical (unpaired) electrons. The number of rotatable bonds is 12. The van der Waals surface area contributed by atoms with Gasteiger partial charge in [-0.05, 0) is 46.2 Å². The van der Waals surface area contributed by atoms with Crippen molar-refractivity contribution in [3.05, 3.63) is 230 Å². The van der Waals surface area contributed by atoms with Crippen LogP contribution >= 0.6 is 0 Å². The van der Waals surface area contributed by atoms with E-state index in [0.29, 0.717) is 34.9 Å². The molecule has 0 saturated carbocycles. The summed E-state index contributed by atoms with van der Waals surface area (Å²) in [6, 6.07) is 75.5. The standard InChI is InChI=1S/C59H46N6/c1-3-59(4-2,51-37-33-49(34-38-51)57-62-53(45-21-13-7-14-22-45)60-55(64-57)47-29-25-43(26-30-47)41-17-9-5-10-18-41)52-39-35-50(36-40-52)58-63-54(46-23-15-8-16-24-46)61-56(65-58)48-31-27-44(28-32-48)42-19-11-6-12-20-42/h5-40H,3-4H2,1-2H3. The van der Waals surface area contributed by atoms with Crippen LogP contribution in [0.4, 0.5) is 0 Å². The van der Waals surface area contributed by atoms with Crippen LogP contribution in [-0.2, 0) is 5.41 Å². The highest BCUT2D eigenvalue weighted by Crippen LogP contribution is 2.40. The Hall–Kier alpha value is -8.22. The average Bonchev–Trinajstić information content (AvgIpc) is 3.40. The number of hydrogen-bond donors (Lipinski definition) is 0. The van der Waals surface area contributed by atoms with Gasteiger partial charge in [0.25, 0.3) is 0 Å². The first-order valence-electron chi connectivity index (χ1n) is 22.2. The van der Waals surface area contributed by atoms with Crippen molar-refractivity contribution in [2.75, 3.05) is 0 Å². The summed E-state index contributed by atoms with van der Waals surface area (Å²) in [5.41, 5.74) is 12.5. The molecule has 2 aromatic heterocycles. The summed E-state index contributed by atoms with van der Waals surface area (Å²) in [7, 11) is 0. The number of aromatic nitrogens is 6. The van der Waals surface area contributed by atoms with E-state index >= 15 is 0 Å². The lowest BCUT2D eigenvalue weighted by atomic mass is 9.70. The van der Waals surface area contributed by atoms with E-state index in [1.165, 1.54) is 22.3 Å². The molecule has 0 aliphatic heterocycles. The van der Waals surface area contributed by atoms with Crippen LogP contribution in [0, 0.1) is 0 Å². The van der Waals surface area contributed by atoms with Crippen molar-refractivity contribution >= 4 is 0 Å². The summed E-state index contributed by atoms with van der Waals surface area (Å²) in [5.74, 6) is 3.82. The van der Waals surface area contributed by atoms with E-state index in [1.807, 2.05) is 72.8 Å². The average molecular weight is 839 g/mol. The highest BCUT2D eigenvalue weighted by molar-refractivity contribution is 5.72. The first-order chi connectivity index (χ1) is 32.1. The molecule has 65 heavy (non-hydrogen) atoms. The molecule has 8 aromatic carbocycles. The molecule has 0 bridgehead atoms. The van der Waals surface area contributed by atoms with E-state index in [0.717, 1.165) is 57.3 Å². The fourth-order valence-electron chi connectivity index (χ4n) is 8.70. The van der Waals surface area contributed by atoms with E-state index in [4.69, 9.17) is 29.9 Å². The molecule has 0 aliphatic rings. The molecular formula is C59H46N6. The molecule has 6 nitrogen and oxygen atoms in total. The van der Waals surface area contributed by atoms with Crippen molar-refractivity contribution in [1.82, 2.24) is 29.9 Å². The van der Waals surface area contributed by atoms with Crippen LogP contribution in [0.15, 0.2) is 218 Å². The molecule has 0 aliphatic carbocycles. The molecule has 0 fully saturated rings. The Kier molecular flexibility index (Phi) is 11.5. The van der Waals surface area contributed by atoms with Crippen LogP contribution in [-0.4, -0.2) is 29.9 Å². The van der Waals surface area contributed by atoms with E-state index in [9.17, 15) is 0 Å². The first kappa shape index (κ1) is 40.8. The number of nitrogens with zero attached hydrogens (tertiary/aromatic N) is 6. The smallest absolute Gasteiger partial charge is 0.164 e. The normalized spacial score (nSPS) is 11.4. The van der Waals surface area contributed by atoms with Crippen molar-refractivity contribution in [2.24, 2.45) is 0 Å². The third-order valence-electron chi connectivity index (χ3n) is 12.4. The van der Waals surface area contributed by atoms with Gasteiger partial charge in [0.15, 0.2) is 34.9 Å². The molecule has 312 valence electrons. The molecular weight excluding hydrogens is 793 g/mol. The lowest BCUT2D eigenvalue weighted by molar-refractivity contribution is 0.478. The Labute approximate surface area is 380 Å². The van der Waals surface area contributed by atoms with Gasteiger partial charge in [0, 0.05) is 38.8 Å². The van der Waals surface area contributed by atoms with Crippen LogP contribution in [0.1, 0.15) is 37.8 Å². The van der Waals surface area contributed by atoms with Gasteiger partial charge in [0.2, 0.25) is 0 Å². The molecule has 10 rings (SSSR count). The summed E-state index contributed by atoms with van der Waals surface area (Å²) in [4.78, 5) is 30.1. The minimum Gasteiger partial charge on any atom is -0.208 e. The third kappa shape index (κ3) is 8.50. The van der Waals surface area contributed by atoms with Gasteiger partial charge >= 0.3 is 0 Å². The van der Waals surface area contributed by atoms with E-state index < -0.39 is 0 Å². The van der Waals surface area contributed by atoms with Gasteiger partial charge in [-0.1, -0.05) is 232 Å². The monoisotopic (exact) mass is 838 g/mol. The summed E-state index contributed by atoms with van der Waals surface area (Å²) in [6.45, 7) is 4.54. The Morgan fingerprint density at radius 3 is 0.662 bits per heavy atom. The van der Waals surface area contributed by atoms with Crippen LogP contribution < -0.4 is 0 Å². The second kappa shape index (κ2) is 18.2. The second-order valence-electron chi connectivity index (χ2n) is 16.2. The highest BCUT2D eigenvalue weighted by Gasteiger charge is 2.31. The van der Waals surface area contributed by atoms with E-state index in [-0.39, 0.29) is 5.41 Å². The fraction of sp³-hybridized carbons (Fsp3) is 0.0847. The maximum Gasteiger partial charge on any atom is 0.164 e. The minimum absolute atomic E-state index is 0.225. The van der Waals surface area contributed by atoms with Crippen LogP contribution in [0.2, 0.25) is 0 Å². The topological polar surface area (TPSA) is 77.3 Å². The third-order valence-corrected chi connectivity index (χ3v) is 12.4. The SMILES string of the molecule is CCC(CC)(c1ccc(-c2nc(-c3ccccc3)nc(-c3ccc(-c4ccccc4)cc3)n2)cc1)c1ccc(-c2nc(-c3ccccc3)nc(-c3ccc(-c4ccccc4)cc3)n2)cc1. The molecule has 0 saturated heterocycles. The fourth-order valence-corrected chi connectivity index (χ4v) is 8.70. The van der Waals surface area contributed by atoms with E-state index in [2.05, 4.69) is 159 Å². The van der Waals surface area contributed by atoms with Crippen molar-refractivity contribution in [2.45, 2.75) is 32.1 Å². The molecule has 0 spiro atoms. The summed E-state index contributed by atoms with van der Waals surface area (Å²) in [6.07, 6.45) is 1.84. The summed E-state index contributed by atoms with van der Waals surface area (Å²) in [5, 5.41) is 0. The molecule has 0 atom stereocenters. The Morgan fingerprint density at radius 2 is 0.415 bits per heavy atom. The predicted octanol–water partition coefficient (Wildman–Crippen LogP) is 14.5. The molecule has 6 heteroatoms. The Balaban J connectivity index is 0.966. The second-order valence-corrected chi connectivity index (χ2v) is 16.2. The van der Waals surface area contributed by atoms with Crippen molar-refractivity contribution < 1.29 is 0 Å². The molecule has 0 N–H and O–H groups in total. The lowest BCUT2D eigenvalue weighted by Crippen LogP contribution is -2.26. The summed E-state index contributed by atoms with van der Waals surface area (Å²) >= 11 is 0. The van der Waals surface area contributed by atoms with Gasteiger partial charge in [-0.2, -0.15) is 0 Å². The van der Waals surface area contributed by atoms with Crippen LogP contribution in [0.3, 0.4) is 0 Å². The zero-order valence-electron chi connectivity index (χ0n) is 36.4. The molecule has 0 amide bonds. The quantitative estimate of drug-likeness (QED) is 0.122. The lowest BCUT2D eigenvalue weighted by Gasteiger charge is -2.33. The largest absolute Gasteiger partial charge is 0.208 e. The zero-order chi connectivity index (χ0) is 44.0. The van der Waals surface area contributed by atoms with Gasteiger partial charge in [0.05, 0.1) is 0 Å². The Morgan fingerprint density at radius 1 is 0.231 bits per heavy atom. The Bertz CT molecular complexity index is 2940. The van der Waals surface area contributed by atoms with Crippen LogP contribution in [0.25, 0.3) is 90.6 Å². The molecule has 2 heterocycles. The van der Waals surface area contributed by atoms with Gasteiger partial charge in [-0.25, -0.2) is 29.9 Å². The summed E-state index contributed by atoms with van der Waals surface area (Å²) < 4.78 is 0. The first-order valence-corrected chi connectivity index (χ1v) is 22.2. The molecule has 0 unspecified atom stereocenters. The van der Waals surface area contributed by atoms with Crippen LogP contribution in [0.5, 0.6) is 0 Å². The zero-order valence-corrected chi connectivity index (χ0v) is 36.4. The van der Waals surface area contributed by atoms with Gasteiger partial charge in [-0.3, -0.25) is 0 Å². The van der Waals surface area contributed by atoms with Crippen molar-refractivity contribution in [3.8, 4) is 90.6 Å².